The highest BCUT2D eigenvalue weighted by Crippen LogP contribution is 2.14. The van der Waals surface area contributed by atoms with Crippen LogP contribution in [0.4, 0.5) is 9.18 Å². The van der Waals surface area contributed by atoms with Crippen LogP contribution in [0.3, 0.4) is 0 Å². The minimum Gasteiger partial charge on any atom is -0.450 e. The van der Waals surface area contributed by atoms with E-state index in [9.17, 15) is 9.18 Å². The minimum atomic E-state index is -1.49. The zero-order chi connectivity index (χ0) is 8.91. The van der Waals surface area contributed by atoms with Crippen LogP contribution in [0, 0.1) is 12.3 Å². The quantitative estimate of drug-likeness (QED) is 0.501. The van der Waals surface area contributed by atoms with E-state index in [2.05, 4.69) is 10.7 Å². The summed E-state index contributed by atoms with van der Waals surface area (Å²) in [5.74, 6) is 2.07. The molecule has 1 atom stereocenters. The summed E-state index contributed by atoms with van der Waals surface area (Å²) in [5, 5.41) is 8.17. The molecule has 0 amide bonds. The molecule has 11 heavy (non-hydrogen) atoms. The molecule has 3 nitrogen and oxygen atoms in total. The fourth-order valence-electron chi connectivity index (χ4n) is 0.526. The lowest BCUT2D eigenvalue weighted by Gasteiger charge is -2.19. The van der Waals surface area contributed by atoms with Gasteiger partial charge in [-0.2, -0.15) is 0 Å². The Kier molecular flexibility index (Phi) is 3.38. The topological polar surface area (TPSA) is 46.5 Å². The largest absolute Gasteiger partial charge is 0.507 e. The number of carbonyl (C=O) groups is 1. The average molecular weight is 160 g/mol. The van der Waals surface area contributed by atoms with E-state index in [1.807, 2.05) is 0 Å². The van der Waals surface area contributed by atoms with Gasteiger partial charge in [0.1, 0.15) is 0 Å². The molecule has 0 aliphatic heterocycles. The van der Waals surface area contributed by atoms with Gasteiger partial charge in [0, 0.05) is 6.42 Å². The van der Waals surface area contributed by atoms with E-state index in [0.717, 1.165) is 0 Å². The molecule has 0 bridgehead atoms. The van der Waals surface area contributed by atoms with E-state index >= 15 is 0 Å². The van der Waals surface area contributed by atoms with Crippen molar-refractivity contribution in [3.63, 3.8) is 0 Å². The molecule has 0 heterocycles. The second-order valence-corrected chi connectivity index (χ2v) is 2.18. The molecule has 4 heteroatoms. The maximum atomic E-state index is 11.8. The van der Waals surface area contributed by atoms with Gasteiger partial charge in [0.25, 0.3) is 0 Å². The maximum absolute atomic E-state index is 11.8. The van der Waals surface area contributed by atoms with Crippen molar-refractivity contribution in [3.05, 3.63) is 0 Å². The van der Waals surface area contributed by atoms with Gasteiger partial charge in [0.05, 0.1) is 6.67 Å². The van der Waals surface area contributed by atoms with Crippen LogP contribution in [-0.4, -0.2) is 23.5 Å². The number of hydrogen-bond donors (Lipinski definition) is 1. The van der Waals surface area contributed by atoms with E-state index in [4.69, 9.17) is 11.5 Å². The lowest BCUT2D eigenvalue weighted by Crippen LogP contribution is -2.29. The molecular formula is C7H9FO3. The average Bonchev–Trinajstić information content (AvgIpc) is 1.87. The Hall–Kier alpha value is -1.24. The second-order valence-electron chi connectivity index (χ2n) is 2.18. The lowest BCUT2D eigenvalue weighted by atomic mass is 10.1. The van der Waals surface area contributed by atoms with Crippen molar-refractivity contribution in [2.45, 2.75) is 18.9 Å². The summed E-state index contributed by atoms with van der Waals surface area (Å²) in [7, 11) is 0. The van der Waals surface area contributed by atoms with Gasteiger partial charge < -0.3 is 9.84 Å². The van der Waals surface area contributed by atoms with E-state index in [1.54, 1.807) is 0 Å². The summed E-state index contributed by atoms with van der Waals surface area (Å²) in [5.41, 5.74) is -1.33. The Labute approximate surface area is 64.2 Å². The van der Waals surface area contributed by atoms with Gasteiger partial charge >= 0.3 is 6.16 Å². The summed E-state index contributed by atoms with van der Waals surface area (Å²) in [6.07, 6.45) is 3.33. The number of rotatable bonds is 3. The van der Waals surface area contributed by atoms with E-state index < -0.39 is 18.4 Å². The molecule has 0 saturated carbocycles. The van der Waals surface area contributed by atoms with E-state index in [-0.39, 0.29) is 6.42 Å². The number of carboxylic acid groups (broad SMARTS) is 1. The number of halogens is 1. The summed E-state index contributed by atoms with van der Waals surface area (Å²) in [6, 6.07) is 0. The van der Waals surface area contributed by atoms with Crippen LogP contribution in [0.1, 0.15) is 13.3 Å². The summed E-state index contributed by atoms with van der Waals surface area (Å²) < 4.78 is 16.0. The fourth-order valence-corrected chi connectivity index (χ4v) is 0.526. The Bertz CT molecular complexity index is 185. The molecule has 0 aromatic rings. The zero-order valence-electron chi connectivity index (χ0n) is 6.13. The van der Waals surface area contributed by atoms with Crippen LogP contribution in [0.2, 0.25) is 0 Å². The third-order valence-corrected chi connectivity index (χ3v) is 1.19. The molecule has 0 radical (unpaired) electrons. The first kappa shape index (κ1) is 9.76. The number of alkyl halides is 1. The Morgan fingerprint density at radius 2 is 2.45 bits per heavy atom. The third kappa shape index (κ3) is 3.46. The normalized spacial score (nSPS) is 14.6. The Balaban J connectivity index is 4.13. The van der Waals surface area contributed by atoms with Crippen LogP contribution in [0.5, 0.6) is 0 Å². The third-order valence-electron chi connectivity index (χ3n) is 1.19. The van der Waals surface area contributed by atoms with Crippen molar-refractivity contribution in [2.24, 2.45) is 0 Å². The highest BCUT2D eigenvalue weighted by atomic mass is 19.1. The van der Waals surface area contributed by atoms with Crippen molar-refractivity contribution in [2.75, 3.05) is 6.67 Å². The first-order valence-corrected chi connectivity index (χ1v) is 3.00. The van der Waals surface area contributed by atoms with Gasteiger partial charge in [-0.05, 0) is 6.92 Å². The lowest BCUT2D eigenvalue weighted by molar-refractivity contribution is 0.0188. The number of hydrogen-bond acceptors (Lipinski definition) is 2. The van der Waals surface area contributed by atoms with Crippen LogP contribution < -0.4 is 0 Å². The van der Waals surface area contributed by atoms with E-state index in [1.165, 1.54) is 6.92 Å². The molecule has 62 valence electrons. The van der Waals surface area contributed by atoms with Gasteiger partial charge in [-0.3, -0.25) is 4.39 Å². The van der Waals surface area contributed by atoms with Crippen molar-refractivity contribution >= 4 is 6.16 Å². The smallest absolute Gasteiger partial charge is 0.450 e. The van der Waals surface area contributed by atoms with Gasteiger partial charge in [0.2, 0.25) is 0 Å². The van der Waals surface area contributed by atoms with Gasteiger partial charge in [-0.15, -0.1) is 6.42 Å². The molecule has 0 fully saturated rings. The zero-order valence-corrected chi connectivity index (χ0v) is 6.13. The molecule has 0 aliphatic rings. The van der Waals surface area contributed by atoms with Crippen LogP contribution >= 0.6 is 0 Å². The second kappa shape index (κ2) is 3.81. The molecule has 0 aromatic carbocycles. The molecule has 0 spiro atoms. The highest BCUT2D eigenvalue weighted by molar-refractivity contribution is 5.58. The summed E-state index contributed by atoms with van der Waals surface area (Å²) >= 11 is 0. The van der Waals surface area contributed by atoms with Gasteiger partial charge in [-0.1, -0.05) is 5.92 Å². The highest BCUT2D eigenvalue weighted by Gasteiger charge is 2.25. The molecule has 0 rings (SSSR count). The first-order valence-electron chi connectivity index (χ1n) is 3.00. The van der Waals surface area contributed by atoms with Crippen molar-refractivity contribution in [1.29, 1.82) is 0 Å². The molecule has 0 saturated heterocycles. The van der Waals surface area contributed by atoms with Crippen molar-refractivity contribution in [3.8, 4) is 12.3 Å². The SMILES string of the molecule is C#CC(C)(CCF)OC(=O)O. The van der Waals surface area contributed by atoms with Crippen molar-refractivity contribution in [1.82, 2.24) is 0 Å². The molecule has 1 unspecified atom stereocenters. The Morgan fingerprint density at radius 1 is 1.91 bits per heavy atom. The predicted octanol–water partition coefficient (Wildman–Crippen LogP) is 1.43. The van der Waals surface area contributed by atoms with Crippen LogP contribution in [-0.2, 0) is 4.74 Å². The van der Waals surface area contributed by atoms with Gasteiger partial charge in [-0.25, -0.2) is 4.79 Å². The number of ether oxygens (including phenoxy) is 1. The minimum absolute atomic E-state index is 0.115. The number of terminal acetylenes is 1. The standard InChI is InChI=1S/C7H9FO3/c1-3-7(2,4-5-8)11-6(9)10/h1H,4-5H2,2H3,(H,9,10). The summed E-state index contributed by atoms with van der Waals surface area (Å²) in [6.45, 7) is 0.648. The van der Waals surface area contributed by atoms with Crippen LogP contribution in [0.15, 0.2) is 0 Å². The predicted molar refractivity (Wildman–Crippen MR) is 36.9 cm³/mol. The maximum Gasteiger partial charge on any atom is 0.507 e. The molecular weight excluding hydrogens is 151 g/mol. The molecule has 1 N–H and O–H groups in total. The fraction of sp³-hybridized carbons (Fsp3) is 0.571. The van der Waals surface area contributed by atoms with Gasteiger partial charge in [0.15, 0.2) is 5.60 Å². The molecule has 0 aliphatic carbocycles. The van der Waals surface area contributed by atoms with Crippen LogP contribution in [0.25, 0.3) is 0 Å². The molecule has 0 aromatic heterocycles. The first-order chi connectivity index (χ1) is 5.04. The monoisotopic (exact) mass is 160 g/mol. The van der Waals surface area contributed by atoms with E-state index in [0.29, 0.717) is 0 Å². The Morgan fingerprint density at radius 3 is 2.73 bits per heavy atom. The van der Waals surface area contributed by atoms with Crippen molar-refractivity contribution < 1.29 is 19.0 Å². The summed E-state index contributed by atoms with van der Waals surface area (Å²) in [4.78, 5) is 10.0.